The van der Waals surface area contributed by atoms with Gasteiger partial charge >= 0.3 is 5.97 Å². The molecule has 15 heavy (non-hydrogen) atoms. The van der Waals surface area contributed by atoms with Crippen LogP contribution in [0.3, 0.4) is 0 Å². The van der Waals surface area contributed by atoms with E-state index < -0.39 is 11.6 Å². The van der Waals surface area contributed by atoms with Crippen LogP contribution in [0.1, 0.15) is 24.5 Å². The first-order chi connectivity index (χ1) is 6.83. The van der Waals surface area contributed by atoms with Crippen LogP contribution >= 0.6 is 11.6 Å². The minimum atomic E-state index is -1.36. The summed E-state index contributed by atoms with van der Waals surface area (Å²) in [5.74, 6) is -1.03. The van der Waals surface area contributed by atoms with Gasteiger partial charge < -0.3 is 10.2 Å². The molecule has 0 bridgehead atoms. The van der Waals surface area contributed by atoms with Crippen LogP contribution in [0, 0.1) is 6.92 Å². The molecular formula is C11H13ClO3. The summed E-state index contributed by atoms with van der Waals surface area (Å²) in [5, 5.41) is 19.2. The van der Waals surface area contributed by atoms with Gasteiger partial charge in [0.1, 0.15) is 0 Å². The molecule has 0 aliphatic carbocycles. The number of hydrogen-bond donors (Lipinski definition) is 2. The smallest absolute Gasteiger partial charge is 0.306 e. The summed E-state index contributed by atoms with van der Waals surface area (Å²) in [6.07, 6.45) is -0.325. The summed E-state index contributed by atoms with van der Waals surface area (Å²) in [6.45, 7) is 3.28. The second kappa shape index (κ2) is 4.21. The fourth-order valence-electron chi connectivity index (χ4n) is 1.38. The molecule has 0 spiro atoms. The van der Waals surface area contributed by atoms with Crippen molar-refractivity contribution < 1.29 is 15.0 Å². The maximum absolute atomic E-state index is 10.6. The van der Waals surface area contributed by atoms with Crippen LogP contribution in [0.25, 0.3) is 0 Å². The van der Waals surface area contributed by atoms with Crippen molar-refractivity contribution in [3.63, 3.8) is 0 Å². The largest absolute Gasteiger partial charge is 0.481 e. The Morgan fingerprint density at radius 3 is 2.60 bits per heavy atom. The fourth-order valence-corrected chi connectivity index (χ4v) is 1.49. The molecule has 4 heteroatoms. The predicted molar refractivity (Wildman–Crippen MR) is 58.0 cm³/mol. The van der Waals surface area contributed by atoms with Gasteiger partial charge in [-0.15, -0.1) is 0 Å². The number of aliphatic hydroxyl groups is 1. The lowest BCUT2D eigenvalue weighted by atomic mass is 9.91. The molecule has 0 saturated heterocycles. The molecule has 82 valence electrons. The number of carboxylic acid groups (broad SMARTS) is 1. The number of halogens is 1. The monoisotopic (exact) mass is 228 g/mol. The van der Waals surface area contributed by atoms with Gasteiger partial charge in [-0.3, -0.25) is 4.79 Å². The molecule has 0 fully saturated rings. The summed E-state index contributed by atoms with van der Waals surface area (Å²) in [4.78, 5) is 10.6. The molecule has 0 aliphatic heterocycles. The standard InChI is InChI=1S/C11H13ClO3/c1-7-5-8(3-4-9(7)12)11(2,15)6-10(13)14/h3-5,15H,6H2,1-2H3,(H,13,14). The average molecular weight is 229 g/mol. The van der Waals surface area contributed by atoms with Gasteiger partial charge in [-0.1, -0.05) is 23.7 Å². The van der Waals surface area contributed by atoms with E-state index in [9.17, 15) is 9.90 Å². The SMILES string of the molecule is Cc1cc(C(C)(O)CC(=O)O)ccc1Cl. The Morgan fingerprint density at radius 2 is 2.13 bits per heavy atom. The van der Waals surface area contributed by atoms with Crippen LogP contribution in [0.15, 0.2) is 18.2 Å². The zero-order valence-corrected chi connectivity index (χ0v) is 9.38. The quantitative estimate of drug-likeness (QED) is 0.835. The summed E-state index contributed by atoms with van der Waals surface area (Å²) in [5.41, 5.74) is 0.0212. The molecular weight excluding hydrogens is 216 g/mol. The van der Waals surface area contributed by atoms with E-state index in [1.165, 1.54) is 6.92 Å². The predicted octanol–water partition coefficient (Wildman–Crippen LogP) is 2.33. The van der Waals surface area contributed by atoms with E-state index in [0.29, 0.717) is 10.6 Å². The zero-order chi connectivity index (χ0) is 11.6. The number of hydrogen-bond acceptors (Lipinski definition) is 2. The Balaban J connectivity index is 3.04. The zero-order valence-electron chi connectivity index (χ0n) is 8.62. The van der Waals surface area contributed by atoms with E-state index in [-0.39, 0.29) is 6.42 Å². The van der Waals surface area contributed by atoms with Gasteiger partial charge in [-0.05, 0) is 31.0 Å². The van der Waals surface area contributed by atoms with Gasteiger partial charge in [-0.25, -0.2) is 0 Å². The molecule has 0 aliphatic rings. The number of rotatable bonds is 3. The van der Waals surface area contributed by atoms with Gasteiger partial charge in [0, 0.05) is 5.02 Å². The molecule has 1 unspecified atom stereocenters. The molecule has 2 N–H and O–H groups in total. The first-order valence-corrected chi connectivity index (χ1v) is 4.91. The normalized spacial score (nSPS) is 14.7. The van der Waals surface area contributed by atoms with Crippen LogP contribution in [0.2, 0.25) is 5.02 Å². The second-order valence-electron chi connectivity index (χ2n) is 3.81. The van der Waals surface area contributed by atoms with E-state index in [0.717, 1.165) is 5.56 Å². The number of carbonyl (C=O) groups is 1. The molecule has 0 heterocycles. The van der Waals surface area contributed by atoms with Crippen LogP contribution in [-0.2, 0) is 10.4 Å². The molecule has 3 nitrogen and oxygen atoms in total. The van der Waals surface area contributed by atoms with Crippen LogP contribution in [0.5, 0.6) is 0 Å². The molecule has 0 radical (unpaired) electrons. The lowest BCUT2D eigenvalue weighted by Crippen LogP contribution is -2.25. The molecule has 0 amide bonds. The lowest BCUT2D eigenvalue weighted by molar-refractivity contribution is -0.142. The minimum absolute atomic E-state index is 0.325. The summed E-state index contributed by atoms with van der Waals surface area (Å²) >= 11 is 5.84. The van der Waals surface area contributed by atoms with Gasteiger partial charge in [0.2, 0.25) is 0 Å². The number of carboxylic acids is 1. The van der Waals surface area contributed by atoms with Gasteiger partial charge in [0.15, 0.2) is 0 Å². The lowest BCUT2D eigenvalue weighted by Gasteiger charge is -2.22. The maximum Gasteiger partial charge on any atom is 0.306 e. The van der Waals surface area contributed by atoms with E-state index >= 15 is 0 Å². The van der Waals surface area contributed by atoms with E-state index in [1.807, 2.05) is 6.92 Å². The molecule has 0 saturated carbocycles. The molecule has 1 atom stereocenters. The van der Waals surface area contributed by atoms with Gasteiger partial charge in [0.25, 0.3) is 0 Å². The Hall–Kier alpha value is -1.06. The Bertz CT molecular complexity index is 385. The van der Waals surface area contributed by atoms with Gasteiger partial charge in [-0.2, -0.15) is 0 Å². The number of benzene rings is 1. The Kier molecular flexibility index (Phi) is 3.37. The third-order valence-electron chi connectivity index (χ3n) is 2.28. The first-order valence-electron chi connectivity index (χ1n) is 4.54. The third-order valence-corrected chi connectivity index (χ3v) is 2.70. The van der Waals surface area contributed by atoms with Gasteiger partial charge in [0.05, 0.1) is 12.0 Å². The maximum atomic E-state index is 10.6. The van der Waals surface area contributed by atoms with Crippen molar-refractivity contribution in [1.82, 2.24) is 0 Å². The highest BCUT2D eigenvalue weighted by atomic mass is 35.5. The van der Waals surface area contributed by atoms with Crippen molar-refractivity contribution in [2.75, 3.05) is 0 Å². The van der Waals surface area contributed by atoms with Crippen molar-refractivity contribution >= 4 is 17.6 Å². The van der Waals surface area contributed by atoms with E-state index in [1.54, 1.807) is 18.2 Å². The Labute approximate surface area is 93.3 Å². The second-order valence-corrected chi connectivity index (χ2v) is 4.22. The average Bonchev–Trinajstić information content (AvgIpc) is 2.07. The van der Waals surface area contributed by atoms with Crippen molar-refractivity contribution in [2.24, 2.45) is 0 Å². The van der Waals surface area contributed by atoms with Crippen molar-refractivity contribution in [3.8, 4) is 0 Å². The topological polar surface area (TPSA) is 57.5 Å². The summed E-state index contributed by atoms with van der Waals surface area (Å²) < 4.78 is 0. The van der Waals surface area contributed by atoms with Crippen LogP contribution in [0.4, 0.5) is 0 Å². The van der Waals surface area contributed by atoms with Crippen LogP contribution < -0.4 is 0 Å². The number of aryl methyl sites for hydroxylation is 1. The highest BCUT2D eigenvalue weighted by Gasteiger charge is 2.26. The number of aliphatic carboxylic acids is 1. The van der Waals surface area contributed by atoms with Crippen molar-refractivity contribution in [2.45, 2.75) is 25.9 Å². The fraction of sp³-hybridized carbons (Fsp3) is 0.364. The molecule has 0 aromatic heterocycles. The highest BCUT2D eigenvalue weighted by Crippen LogP contribution is 2.27. The molecule has 1 rings (SSSR count). The molecule has 1 aromatic rings. The minimum Gasteiger partial charge on any atom is -0.481 e. The summed E-state index contributed by atoms with van der Waals surface area (Å²) in [6, 6.07) is 4.99. The van der Waals surface area contributed by atoms with Crippen molar-refractivity contribution in [3.05, 3.63) is 34.3 Å². The molecule has 1 aromatic carbocycles. The highest BCUT2D eigenvalue weighted by molar-refractivity contribution is 6.31. The third kappa shape index (κ3) is 2.94. The Morgan fingerprint density at radius 1 is 1.53 bits per heavy atom. The van der Waals surface area contributed by atoms with E-state index in [2.05, 4.69) is 0 Å². The van der Waals surface area contributed by atoms with Crippen molar-refractivity contribution in [1.29, 1.82) is 0 Å². The first kappa shape index (κ1) is 12.0. The van der Waals surface area contributed by atoms with Crippen LogP contribution in [-0.4, -0.2) is 16.2 Å². The summed E-state index contributed by atoms with van der Waals surface area (Å²) in [7, 11) is 0. The van der Waals surface area contributed by atoms with E-state index in [4.69, 9.17) is 16.7 Å².